The van der Waals surface area contributed by atoms with E-state index in [0.717, 1.165) is 24.4 Å². The molecule has 2 rings (SSSR count). The molecule has 0 radical (unpaired) electrons. The number of nitrogens with zero attached hydrogens (tertiary/aromatic N) is 1. The Hall–Kier alpha value is -0.350. The Morgan fingerprint density at radius 2 is 2.38 bits per heavy atom. The monoisotopic (exact) mass is 244 g/mol. The number of aromatic nitrogens is 1. The highest BCUT2D eigenvalue weighted by molar-refractivity contribution is 9.10. The van der Waals surface area contributed by atoms with Gasteiger partial charge in [0.05, 0.1) is 11.7 Å². The quantitative estimate of drug-likeness (QED) is 0.826. The fraction of sp³-hybridized carbons (Fsp3) is 0.667. The van der Waals surface area contributed by atoms with Gasteiger partial charge in [0.25, 0.3) is 4.80 Å². The third kappa shape index (κ3) is 1.94. The summed E-state index contributed by atoms with van der Waals surface area (Å²) in [6, 6.07) is 0.368. The molecule has 0 spiro atoms. The number of rotatable bonds is 1. The van der Waals surface area contributed by atoms with Gasteiger partial charge in [0.2, 0.25) is 0 Å². The maximum absolute atomic E-state index is 5.50. The zero-order valence-corrected chi connectivity index (χ0v) is 9.23. The summed E-state index contributed by atoms with van der Waals surface area (Å²) in [5.41, 5.74) is 0.992. The molecule has 1 N–H and O–H groups in total. The van der Waals surface area contributed by atoms with Crippen molar-refractivity contribution in [2.24, 2.45) is 0 Å². The molecule has 1 aromatic heterocycles. The highest BCUT2D eigenvalue weighted by atomic mass is 79.9. The minimum absolute atomic E-state index is 0.368. The van der Waals surface area contributed by atoms with Crippen LogP contribution in [0, 0.1) is 6.92 Å². The van der Waals surface area contributed by atoms with E-state index < -0.39 is 0 Å². The van der Waals surface area contributed by atoms with Crippen molar-refractivity contribution >= 4 is 15.9 Å². The molecule has 0 aliphatic carbocycles. The van der Waals surface area contributed by atoms with Gasteiger partial charge in [0, 0.05) is 15.9 Å². The van der Waals surface area contributed by atoms with E-state index in [4.69, 9.17) is 4.42 Å². The lowest BCUT2D eigenvalue weighted by molar-refractivity contribution is 0.341. The minimum atomic E-state index is 0.368. The number of hydrogen-bond donors (Lipinski definition) is 1. The highest BCUT2D eigenvalue weighted by Gasteiger charge is 2.21. The molecule has 72 valence electrons. The van der Waals surface area contributed by atoms with Crippen LogP contribution in [0.25, 0.3) is 0 Å². The summed E-state index contributed by atoms with van der Waals surface area (Å²) in [5, 5.41) is 3.43. The maximum atomic E-state index is 5.50. The second-order valence-corrected chi connectivity index (χ2v) is 4.10. The van der Waals surface area contributed by atoms with Crippen molar-refractivity contribution in [2.45, 2.75) is 32.2 Å². The van der Waals surface area contributed by atoms with E-state index in [-0.39, 0.29) is 0 Å². The molecule has 1 aromatic rings. The lowest BCUT2D eigenvalue weighted by atomic mass is 10.0. The van der Waals surface area contributed by atoms with Crippen LogP contribution >= 0.6 is 15.9 Å². The zero-order chi connectivity index (χ0) is 9.26. The average Bonchev–Trinajstić information content (AvgIpc) is 2.47. The fourth-order valence-electron chi connectivity index (χ4n) is 1.77. The van der Waals surface area contributed by atoms with Gasteiger partial charge in [0.15, 0.2) is 0 Å². The molecule has 3 nitrogen and oxygen atoms in total. The van der Waals surface area contributed by atoms with Gasteiger partial charge >= 0.3 is 0 Å². The number of hydrogen-bond acceptors (Lipinski definition) is 3. The van der Waals surface area contributed by atoms with Crippen molar-refractivity contribution in [2.75, 3.05) is 6.54 Å². The van der Waals surface area contributed by atoms with E-state index in [1.165, 1.54) is 12.8 Å². The lowest BCUT2D eigenvalue weighted by Crippen LogP contribution is -2.26. The Balaban J connectivity index is 2.18. The average molecular weight is 245 g/mol. The van der Waals surface area contributed by atoms with Crippen LogP contribution in [-0.2, 0) is 0 Å². The van der Waals surface area contributed by atoms with Crippen LogP contribution in [0.5, 0.6) is 0 Å². The van der Waals surface area contributed by atoms with Crippen LogP contribution in [0.4, 0.5) is 0 Å². The van der Waals surface area contributed by atoms with Crippen LogP contribution in [0.3, 0.4) is 0 Å². The Labute approximate surface area is 86.0 Å². The summed E-state index contributed by atoms with van der Waals surface area (Å²) < 4.78 is 5.50. The zero-order valence-electron chi connectivity index (χ0n) is 7.64. The molecular weight excluding hydrogens is 232 g/mol. The summed E-state index contributed by atoms with van der Waals surface area (Å²) in [6.45, 7) is 3.07. The van der Waals surface area contributed by atoms with Gasteiger partial charge in [-0.2, -0.15) is 0 Å². The van der Waals surface area contributed by atoms with Gasteiger partial charge in [-0.25, -0.2) is 4.98 Å². The van der Waals surface area contributed by atoms with E-state index in [9.17, 15) is 0 Å². The van der Waals surface area contributed by atoms with Crippen molar-refractivity contribution in [3.8, 4) is 0 Å². The predicted octanol–water partition coefficient (Wildman–Crippen LogP) is 2.56. The molecule has 13 heavy (non-hydrogen) atoms. The molecule has 1 aliphatic heterocycles. The van der Waals surface area contributed by atoms with Crippen LogP contribution in [-0.4, -0.2) is 11.5 Å². The first-order chi connectivity index (χ1) is 6.27. The van der Waals surface area contributed by atoms with Crippen LogP contribution in [0.1, 0.15) is 36.8 Å². The molecule has 0 bridgehead atoms. The number of halogens is 1. The molecule has 1 saturated heterocycles. The highest BCUT2D eigenvalue weighted by Crippen LogP contribution is 2.27. The first-order valence-corrected chi connectivity index (χ1v) is 5.43. The summed E-state index contributed by atoms with van der Waals surface area (Å²) in [6.07, 6.45) is 3.70. The summed E-state index contributed by atoms with van der Waals surface area (Å²) in [7, 11) is 0. The number of oxazole rings is 1. The Morgan fingerprint density at radius 3 is 2.92 bits per heavy atom. The smallest absolute Gasteiger partial charge is 0.264 e. The molecule has 2 heterocycles. The van der Waals surface area contributed by atoms with E-state index in [0.29, 0.717) is 10.8 Å². The molecule has 1 aliphatic rings. The van der Waals surface area contributed by atoms with Crippen molar-refractivity contribution in [3.63, 3.8) is 0 Å². The second kappa shape index (κ2) is 3.80. The van der Waals surface area contributed by atoms with E-state index in [1.54, 1.807) is 0 Å². The van der Waals surface area contributed by atoms with Gasteiger partial charge in [-0.3, -0.25) is 0 Å². The van der Waals surface area contributed by atoms with Gasteiger partial charge in [-0.1, -0.05) is 6.42 Å². The maximum Gasteiger partial charge on any atom is 0.264 e. The first-order valence-electron chi connectivity index (χ1n) is 4.63. The molecule has 0 aromatic carbocycles. The SMILES string of the molecule is Cc1nc(Br)oc1C1CCCCN1. The number of nitrogens with one attached hydrogen (secondary N) is 1. The molecule has 4 heteroatoms. The molecule has 0 amide bonds. The summed E-state index contributed by atoms with van der Waals surface area (Å²) >= 11 is 3.24. The normalized spacial score (nSPS) is 23.4. The molecule has 0 saturated carbocycles. The fourth-order valence-corrected chi connectivity index (χ4v) is 2.21. The van der Waals surface area contributed by atoms with Crippen LogP contribution < -0.4 is 5.32 Å². The molecular formula is C9H13BrN2O. The van der Waals surface area contributed by atoms with Crippen molar-refractivity contribution in [1.29, 1.82) is 0 Å². The Bertz CT molecular complexity index is 292. The van der Waals surface area contributed by atoms with Crippen molar-refractivity contribution in [3.05, 3.63) is 16.3 Å². The van der Waals surface area contributed by atoms with Crippen molar-refractivity contribution in [1.82, 2.24) is 10.3 Å². The summed E-state index contributed by atoms with van der Waals surface area (Å²) in [5.74, 6) is 0.992. The minimum Gasteiger partial charge on any atom is -0.434 e. The Kier molecular flexibility index (Phi) is 2.69. The third-order valence-electron chi connectivity index (χ3n) is 2.43. The van der Waals surface area contributed by atoms with Crippen molar-refractivity contribution < 1.29 is 4.42 Å². The van der Waals surface area contributed by atoms with Gasteiger partial charge in [0.1, 0.15) is 5.76 Å². The standard InChI is InChI=1S/C9H13BrN2O/c1-6-8(13-9(10)12-6)7-4-2-3-5-11-7/h7,11H,2-5H2,1H3. The van der Waals surface area contributed by atoms with E-state index in [2.05, 4.69) is 26.2 Å². The predicted molar refractivity (Wildman–Crippen MR) is 53.5 cm³/mol. The topological polar surface area (TPSA) is 38.1 Å². The van der Waals surface area contributed by atoms with E-state index in [1.807, 2.05) is 6.92 Å². The molecule has 1 fully saturated rings. The summed E-state index contributed by atoms with van der Waals surface area (Å²) in [4.78, 5) is 4.79. The van der Waals surface area contributed by atoms with Gasteiger partial charge in [-0.05, 0) is 26.3 Å². The third-order valence-corrected chi connectivity index (χ3v) is 2.77. The van der Waals surface area contributed by atoms with Crippen LogP contribution in [0.15, 0.2) is 9.22 Å². The van der Waals surface area contributed by atoms with E-state index >= 15 is 0 Å². The largest absolute Gasteiger partial charge is 0.434 e. The molecule has 1 atom stereocenters. The number of aryl methyl sites for hydroxylation is 1. The van der Waals surface area contributed by atoms with Gasteiger partial charge in [-0.15, -0.1) is 0 Å². The van der Waals surface area contributed by atoms with Crippen LogP contribution in [0.2, 0.25) is 0 Å². The lowest BCUT2D eigenvalue weighted by Gasteiger charge is -2.21. The Morgan fingerprint density at radius 1 is 1.54 bits per heavy atom. The van der Waals surface area contributed by atoms with Gasteiger partial charge < -0.3 is 9.73 Å². The second-order valence-electron chi connectivity index (χ2n) is 3.42. The first kappa shape index (κ1) is 9.21. The molecule has 1 unspecified atom stereocenters. The number of piperidine rings is 1.